The van der Waals surface area contributed by atoms with E-state index in [4.69, 9.17) is 9.47 Å². The third kappa shape index (κ3) is 2.91. The van der Waals surface area contributed by atoms with Crippen LogP contribution in [0.3, 0.4) is 0 Å². The molecule has 0 heterocycles. The van der Waals surface area contributed by atoms with Gasteiger partial charge in [0.15, 0.2) is 0 Å². The van der Waals surface area contributed by atoms with Gasteiger partial charge in [0.25, 0.3) is 5.91 Å². The number of aryl methyl sites for hydroxylation is 1. The maximum Gasteiger partial charge on any atom is 0.255 e. The van der Waals surface area contributed by atoms with Crippen LogP contribution in [0.25, 0.3) is 0 Å². The number of benzene rings is 2. The maximum atomic E-state index is 12.2. The molecule has 0 aliphatic rings. The van der Waals surface area contributed by atoms with Crippen molar-refractivity contribution in [2.45, 2.75) is 6.92 Å². The minimum atomic E-state index is -0.180. The Balaban J connectivity index is 2.22. The van der Waals surface area contributed by atoms with Crippen molar-refractivity contribution in [3.63, 3.8) is 0 Å². The Morgan fingerprint density at radius 1 is 1.00 bits per heavy atom. The van der Waals surface area contributed by atoms with E-state index in [1.54, 1.807) is 44.6 Å². The predicted molar refractivity (Wildman–Crippen MR) is 78.7 cm³/mol. The van der Waals surface area contributed by atoms with Gasteiger partial charge in [-0.05, 0) is 42.8 Å². The molecule has 0 spiro atoms. The van der Waals surface area contributed by atoms with Gasteiger partial charge in [-0.15, -0.1) is 0 Å². The van der Waals surface area contributed by atoms with Crippen LogP contribution in [0.5, 0.6) is 11.5 Å². The number of hydrogen-bond donors (Lipinski definition) is 1. The Morgan fingerprint density at radius 2 is 1.70 bits per heavy atom. The number of para-hydroxylation sites is 2. The zero-order chi connectivity index (χ0) is 14.5. The number of ether oxygens (including phenoxy) is 2. The first kappa shape index (κ1) is 13.9. The lowest BCUT2D eigenvalue weighted by Crippen LogP contribution is -2.12. The second-order valence-electron chi connectivity index (χ2n) is 4.34. The van der Waals surface area contributed by atoms with Gasteiger partial charge in [-0.3, -0.25) is 4.79 Å². The van der Waals surface area contributed by atoms with E-state index in [1.165, 1.54) is 0 Å². The SMILES string of the molecule is COc1ccc(C(=O)Nc2ccccc2OC)cc1C. The molecule has 104 valence electrons. The molecule has 4 heteroatoms. The van der Waals surface area contributed by atoms with Crippen LogP contribution in [0, 0.1) is 6.92 Å². The van der Waals surface area contributed by atoms with Crippen molar-refractivity contribution in [3.05, 3.63) is 53.6 Å². The molecule has 0 saturated heterocycles. The average Bonchev–Trinajstić information content (AvgIpc) is 2.47. The smallest absolute Gasteiger partial charge is 0.255 e. The fraction of sp³-hybridized carbons (Fsp3) is 0.188. The van der Waals surface area contributed by atoms with Crippen LogP contribution >= 0.6 is 0 Å². The summed E-state index contributed by atoms with van der Waals surface area (Å²) >= 11 is 0. The summed E-state index contributed by atoms with van der Waals surface area (Å²) in [7, 11) is 3.18. The van der Waals surface area contributed by atoms with Gasteiger partial charge < -0.3 is 14.8 Å². The molecule has 0 fully saturated rings. The van der Waals surface area contributed by atoms with Crippen LogP contribution in [0.4, 0.5) is 5.69 Å². The van der Waals surface area contributed by atoms with Gasteiger partial charge in [0.1, 0.15) is 11.5 Å². The van der Waals surface area contributed by atoms with E-state index in [9.17, 15) is 4.79 Å². The Hall–Kier alpha value is -2.49. The molecule has 0 saturated carbocycles. The monoisotopic (exact) mass is 271 g/mol. The number of anilines is 1. The standard InChI is InChI=1S/C16H17NO3/c1-11-10-12(8-9-14(11)19-2)16(18)17-13-6-4-5-7-15(13)20-3/h4-10H,1-3H3,(H,17,18). The number of hydrogen-bond acceptors (Lipinski definition) is 3. The minimum absolute atomic E-state index is 0.180. The topological polar surface area (TPSA) is 47.6 Å². The van der Waals surface area contributed by atoms with Gasteiger partial charge in [0, 0.05) is 5.56 Å². The Bertz CT molecular complexity index is 623. The lowest BCUT2D eigenvalue weighted by atomic mass is 10.1. The summed E-state index contributed by atoms with van der Waals surface area (Å²) < 4.78 is 10.4. The van der Waals surface area contributed by atoms with Crippen LogP contribution in [-0.4, -0.2) is 20.1 Å². The minimum Gasteiger partial charge on any atom is -0.496 e. The number of nitrogens with one attached hydrogen (secondary N) is 1. The Labute approximate surface area is 118 Å². The second-order valence-corrected chi connectivity index (χ2v) is 4.34. The summed E-state index contributed by atoms with van der Waals surface area (Å²) in [6.07, 6.45) is 0. The number of methoxy groups -OCH3 is 2. The Morgan fingerprint density at radius 3 is 2.35 bits per heavy atom. The lowest BCUT2D eigenvalue weighted by molar-refractivity contribution is 0.102. The summed E-state index contributed by atoms with van der Waals surface area (Å²) in [5, 5.41) is 2.84. The van der Waals surface area contributed by atoms with Crippen molar-refractivity contribution in [1.82, 2.24) is 0 Å². The first-order valence-corrected chi connectivity index (χ1v) is 6.24. The van der Waals surface area contributed by atoms with E-state index >= 15 is 0 Å². The predicted octanol–water partition coefficient (Wildman–Crippen LogP) is 3.26. The zero-order valence-electron chi connectivity index (χ0n) is 11.8. The number of amides is 1. The molecule has 0 unspecified atom stereocenters. The summed E-state index contributed by atoms with van der Waals surface area (Å²) in [6.45, 7) is 1.90. The first-order chi connectivity index (χ1) is 9.65. The largest absolute Gasteiger partial charge is 0.496 e. The van der Waals surface area contributed by atoms with Gasteiger partial charge in [-0.25, -0.2) is 0 Å². The fourth-order valence-corrected chi connectivity index (χ4v) is 1.96. The van der Waals surface area contributed by atoms with Crippen molar-refractivity contribution < 1.29 is 14.3 Å². The highest BCUT2D eigenvalue weighted by Gasteiger charge is 2.10. The van der Waals surface area contributed by atoms with Crippen molar-refractivity contribution in [2.24, 2.45) is 0 Å². The molecule has 20 heavy (non-hydrogen) atoms. The third-order valence-corrected chi connectivity index (χ3v) is 3.01. The molecule has 1 N–H and O–H groups in total. The van der Waals surface area contributed by atoms with Gasteiger partial charge in [0.05, 0.1) is 19.9 Å². The fourth-order valence-electron chi connectivity index (χ4n) is 1.96. The summed E-state index contributed by atoms with van der Waals surface area (Å²) in [6, 6.07) is 12.6. The number of rotatable bonds is 4. The molecule has 4 nitrogen and oxygen atoms in total. The quantitative estimate of drug-likeness (QED) is 0.928. The van der Waals surface area contributed by atoms with Crippen molar-refractivity contribution in [3.8, 4) is 11.5 Å². The summed E-state index contributed by atoms with van der Waals surface area (Å²) in [5.41, 5.74) is 2.14. The van der Waals surface area contributed by atoms with Gasteiger partial charge in [-0.1, -0.05) is 12.1 Å². The highest BCUT2D eigenvalue weighted by Crippen LogP contribution is 2.24. The van der Waals surface area contributed by atoms with Crippen LogP contribution in [0.2, 0.25) is 0 Å². The highest BCUT2D eigenvalue weighted by molar-refractivity contribution is 6.05. The molecule has 2 rings (SSSR count). The maximum absolute atomic E-state index is 12.2. The normalized spacial score (nSPS) is 9.95. The van der Waals surface area contributed by atoms with Crippen molar-refractivity contribution >= 4 is 11.6 Å². The van der Waals surface area contributed by atoms with E-state index in [2.05, 4.69) is 5.32 Å². The van der Waals surface area contributed by atoms with Crippen LogP contribution in [0.1, 0.15) is 15.9 Å². The lowest BCUT2D eigenvalue weighted by Gasteiger charge is -2.11. The zero-order valence-corrected chi connectivity index (χ0v) is 11.8. The van der Waals surface area contributed by atoms with E-state index in [0.717, 1.165) is 11.3 Å². The molecule has 0 aliphatic carbocycles. The van der Waals surface area contributed by atoms with E-state index in [0.29, 0.717) is 17.0 Å². The van der Waals surface area contributed by atoms with E-state index in [1.807, 2.05) is 19.1 Å². The molecule has 2 aromatic carbocycles. The second kappa shape index (κ2) is 6.10. The number of carbonyl (C=O) groups is 1. The molecule has 0 aliphatic heterocycles. The van der Waals surface area contributed by atoms with Gasteiger partial charge in [0.2, 0.25) is 0 Å². The van der Waals surface area contributed by atoms with E-state index < -0.39 is 0 Å². The summed E-state index contributed by atoms with van der Waals surface area (Å²) in [4.78, 5) is 12.2. The molecule has 0 radical (unpaired) electrons. The molecule has 0 aromatic heterocycles. The van der Waals surface area contributed by atoms with Crippen LogP contribution < -0.4 is 14.8 Å². The highest BCUT2D eigenvalue weighted by atomic mass is 16.5. The van der Waals surface area contributed by atoms with Crippen LogP contribution in [0.15, 0.2) is 42.5 Å². The summed E-state index contributed by atoms with van der Waals surface area (Å²) in [5.74, 6) is 1.21. The molecule has 2 aromatic rings. The van der Waals surface area contributed by atoms with Crippen LogP contribution in [-0.2, 0) is 0 Å². The first-order valence-electron chi connectivity index (χ1n) is 6.24. The van der Waals surface area contributed by atoms with Gasteiger partial charge in [-0.2, -0.15) is 0 Å². The molecule has 0 bridgehead atoms. The van der Waals surface area contributed by atoms with Crippen molar-refractivity contribution in [1.29, 1.82) is 0 Å². The van der Waals surface area contributed by atoms with Crippen molar-refractivity contribution in [2.75, 3.05) is 19.5 Å². The molecular weight excluding hydrogens is 254 g/mol. The molecule has 0 atom stereocenters. The third-order valence-electron chi connectivity index (χ3n) is 3.01. The average molecular weight is 271 g/mol. The Kier molecular flexibility index (Phi) is 4.25. The molecule has 1 amide bonds. The van der Waals surface area contributed by atoms with E-state index in [-0.39, 0.29) is 5.91 Å². The number of carbonyl (C=O) groups excluding carboxylic acids is 1. The molecular formula is C16H17NO3. The van der Waals surface area contributed by atoms with Gasteiger partial charge >= 0.3 is 0 Å².